The number of phenolic OH excluding ortho intramolecular Hbond substituents is 1. The zero-order valence-electron chi connectivity index (χ0n) is 14.1. The highest BCUT2D eigenvalue weighted by Crippen LogP contribution is 2.17. The highest BCUT2D eigenvalue weighted by atomic mass is 19.1. The van der Waals surface area contributed by atoms with Gasteiger partial charge in [-0.1, -0.05) is 36.4 Å². The monoisotopic (exact) mass is 366 g/mol. The zero-order valence-corrected chi connectivity index (χ0v) is 14.1. The summed E-state index contributed by atoms with van der Waals surface area (Å²) in [5, 5.41) is 14.2. The van der Waals surface area contributed by atoms with Gasteiger partial charge in [-0.25, -0.2) is 13.6 Å². The van der Waals surface area contributed by atoms with E-state index in [0.717, 1.165) is 23.3 Å². The van der Waals surface area contributed by atoms with Crippen molar-refractivity contribution in [2.75, 3.05) is 10.6 Å². The number of hydrogen-bond acceptors (Lipinski definition) is 2. The van der Waals surface area contributed by atoms with Crippen molar-refractivity contribution in [3.05, 3.63) is 89.5 Å². The van der Waals surface area contributed by atoms with Gasteiger partial charge in [-0.05, 0) is 47.5 Å². The summed E-state index contributed by atoms with van der Waals surface area (Å²) in [5.74, 6) is -1.35. The maximum atomic E-state index is 13.5. The predicted octanol–water partition coefficient (Wildman–Crippen LogP) is 5.48. The quantitative estimate of drug-likeness (QED) is 0.535. The first-order valence-corrected chi connectivity index (χ1v) is 8.10. The number of benzene rings is 3. The molecular formula is C21H16F2N2O2. The molecule has 0 heterocycles. The number of amides is 2. The molecule has 0 aliphatic heterocycles. The van der Waals surface area contributed by atoms with E-state index in [-0.39, 0.29) is 11.4 Å². The largest absolute Gasteiger partial charge is 0.508 e. The summed E-state index contributed by atoms with van der Waals surface area (Å²) in [6.45, 7) is 0. The Morgan fingerprint density at radius 2 is 1.41 bits per heavy atom. The molecule has 0 atom stereocenters. The average Bonchev–Trinajstić information content (AvgIpc) is 2.65. The first-order valence-electron chi connectivity index (χ1n) is 8.10. The van der Waals surface area contributed by atoms with E-state index in [1.54, 1.807) is 36.4 Å². The number of halogens is 2. The molecule has 0 aliphatic carbocycles. The summed E-state index contributed by atoms with van der Waals surface area (Å²) in [4.78, 5) is 11.9. The van der Waals surface area contributed by atoms with E-state index in [1.807, 2.05) is 24.3 Å². The van der Waals surface area contributed by atoms with Crippen LogP contribution in [0.3, 0.4) is 0 Å². The fourth-order valence-corrected chi connectivity index (χ4v) is 2.33. The Balaban J connectivity index is 1.59. The molecule has 0 saturated heterocycles. The van der Waals surface area contributed by atoms with Crippen molar-refractivity contribution in [1.29, 1.82) is 0 Å². The standard InChI is InChI=1S/C21H16F2N2O2/c22-16-7-12-20(19(23)13-16)25-21(27)24-17-8-3-14(4-9-17)1-2-15-5-10-18(26)11-6-15/h1-13,26H,(H2,24,25,27)/b2-1+. The van der Waals surface area contributed by atoms with Crippen LogP contribution in [-0.2, 0) is 0 Å². The molecule has 0 unspecified atom stereocenters. The number of carbonyl (C=O) groups is 1. The highest BCUT2D eigenvalue weighted by Gasteiger charge is 2.08. The summed E-state index contributed by atoms with van der Waals surface area (Å²) in [6.07, 6.45) is 3.79. The molecule has 3 N–H and O–H groups in total. The van der Waals surface area contributed by atoms with Gasteiger partial charge >= 0.3 is 6.03 Å². The first-order chi connectivity index (χ1) is 13.0. The Morgan fingerprint density at radius 1 is 0.815 bits per heavy atom. The van der Waals surface area contributed by atoms with Crippen LogP contribution in [0.1, 0.15) is 11.1 Å². The van der Waals surface area contributed by atoms with E-state index in [9.17, 15) is 18.7 Å². The fraction of sp³-hybridized carbons (Fsp3) is 0. The predicted molar refractivity (Wildman–Crippen MR) is 102 cm³/mol. The Morgan fingerprint density at radius 3 is 2.00 bits per heavy atom. The Kier molecular flexibility index (Phi) is 5.47. The number of rotatable bonds is 4. The lowest BCUT2D eigenvalue weighted by Crippen LogP contribution is -2.20. The molecule has 2 amide bonds. The van der Waals surface area contributed by atoms with Gasteiger partial charge in [-0.3, -0.25) is 0 Å². The van der Waals surface area contributed by atoms with Gasteiger partial charge in [-0.15, -0.1) is 0 Å². The summed E-state index contributed by atoms with van der Waals surface area (Å²) in [7, 11) is 0. The number of carbonyl (C=O) groups excluding carboxylic acids is 1. The van der Waals surface area contributed by atoms with Crippen LogP contribution in [0.4, 0.5) is 25.0 Å². The van der Waals surface area contributed by atoms with Crippen molar-refractivity contribution in [1.82, 2.24) is 0 Å². The minimum Gasteiger partial charge on any atom is -0.508 e. The second-order valence-corrected chi connectivity index (χ2v) is 5.75. The number of anilines is 2. The molecule has 4 nitrogen and oxygen atoms in total. The van der Waals surface area contributed by atoms with Crippen LogP contribution in [0.5, 0.6) is 5.75 Å². The number of hydrogen-bond donors (Lipinski definition) is 3. The summed E-state index contributed by atoms with van der Waals surface area (Å²) < 4.78 is 26.4. The van der Waals surface area contributed by atoms with E-state index in [0.29, 0.717) is 11.8 Å². The second-order valence-electron chi connectivity index (χ2n) is 5.75. The van der Waals surface area contributed by atoms with Gasteiger partial charge in [0.25, 0.3) is 0 Å². The molecule has 3 aromatic rings. The van der Waals surface area contributed by atoms with Crippen LogP contribution in [0.2, 0.25) is 0 Å². The summed E-state index contributed by atoms with van der Waals surface area (Å²) in [5.41, 5.74) is 2.27. The van der Waals surface area contributed by atoms with Crippen molar-refractivity contribution in [2.24, 2.45) is 0 Å². The molecule has 0 fully saturated rings. The van der Waals surface area contributed by atoms with E-state index in [4.69, 9.17) is 0 Å². The van der Waals surface area contributed by atoms with Crippen LogP contribution in [-0.4, -0.2) is 11.1 Å². The summed E-state index contributed by atoms with van der Waals surface area (Å²) in [6, 6.07) is 16.1. The Labute approximate surface area is 154 Å². The van der Waals surface area contributed by atoms with Gasteiger partial charge in [0.15, 0.2) is 0 Å². The normalized spacial score (nSPS) is 10.7. The number of aromatic hydroxyl groups is 1. The minimum atomic E-state index is -0.847. The van der Waals surface area contributed by atoms with Crippen molar-refractivity contribution >= 4 is 29.6 Å². The minimum absolute atomic E-state index is 0.109. The molecule has 0 saturated carbocycles. The van der Waals surface area contributed by atoms with E-state index in [2.05, 4.69) is 10.6 Å². The smallest absolute Gasteiger partial charge is 0.323 e. The first kappa shape index (κ1) is 18.1. The van der Waals surface area contributed by atoms with Gasteiger partial charge in [0.2, 0.25) is 0 Å². The lowest BCUT2D eigenvalue weighted by molar-refractivity contribution is 0.262. The molecule has 27 heavy (non-hydrogen) atoms. The zero-order chi connectivity index (χ0) is 19.2. The van der Waals surface area contributed by atoms with Gasteiger partial charge in [0.1, 0.15) is 17.4 Å². The number of urea groups is 1. The average molecular weight is 366 g/mol. The highest BCUT2D eigenvalue weighted by molar-refractivity contribution is 5.99. The molecule has 0 bridgehead atoms. The lowest BCUT2D eigenvalue weighted by Gasteiger charge is -2.08. The van der Waals surface area contributed by atoms with E-state index < -0.39 is 17.7 Å². The molecular weight excluding hydrogens is 350 g/mol. The molecule has 0 aromatic heterocycles. The van der Waals surface area contributed by atoms with Crippen LogP contribution < -0.4 is 10.6 Å². The van der Waals surface area contributed by atoms with Crippen molar-refractivity contribution in [2.45, 2.75) is 0 Å². The van der Waals surface area contributed by atoms with E-state index in [1.165, 1.54) is 0 Å². The van der Waals surface area contributed by atoms with Crippen molar-refractivity contribution in [3.63, 3.8) is 0 Å². The molecule has 0 aliphatic rings. The fourth-order valence-electron chi connectivity index (χ4n) is 2.33. The summed E-state index contributed by atoms with van der Waals surface area (Å²) >= 11 is 0. The molecule has 0 spiro atoms. The Hall–Kier alpha value is -3.67. The lowest BCUT2D eigenvalue weighted by atomic mass is 10.1. The van der Waals surface area contributed by atoms with Crippen LogP contribution >= 0.6 is 0 Å². The number of phenols is 1. The third-order valence-corrected chi connectivity index (χ3v) is 3.71. The van der Waals surface area contributed by atoms with Crippen LogP contribution in [0.25, 0.3) is 12.2 Å². The Bertz CT molecular complexity index is 968. The topological polar surface area (TPSA) is 61.4 Å². The SMILES string of the molecule is O=C(Nc1ccc(/C=C/c2ccc(O)cc2)cc1)Nc1ccc(F)cc1F. The van der Waals surface area contributed by atoms with Gasteiger partial charge in [-0.2, -0.15) is 0 Å². The van der Waals surface area contributed by atoms with Gasteiger partial charge < -0.3 is 15.7 Å². The molecule has 136 valence electrons. The van der Waals surface area contributed by atoms with Crippen LogP contribution in [0, 0.1) is 11.6 Å². The van der Waals surface area contributed by atoms with Crippen molar-refractivity contribution in [3.8, 4) is 5.75 Å². The maximum Gasteiger partial charge on any atom is 0.323 e. The second kappa shape index (κ2) is 8.14. The van der Waals surface area contributed by atoms with Gasteiger partial charge in [0, 0.05) is 11.8 Å². The molecule has 3 aromatic carbocycles. The molecule has 6 heteroatoms. The van der Waals surface area contributed by atoms with Crippen molar-refractivity contribution < 1.29 is 18.7 Å². The van der Waals surface area contributed by atoms with Gasteiger partial charge in [0.05, 0.1) is 5.69 Å². The maximum absolute atomic E-state index is 13.5. The third-order valence-electron chi connectivity index (χ3n) is 3.71. The molecule has 3 rings (SSSR count). The van der Waals surface area contributed by atoms with Crippen LogP contribution in [0.15, 0.2) is 66.7 Å². The molecule has 0 radical (unpaired) electrons. The third kappa shape index (κ3) is 5.15. The number of nitrogens with one attached hydrogen (secondary N) is 2. The van der Waals surface area contributed by atoms with E-state index >= 15 is 0 Å².